The van der Waals surface area contributed by atoms with Crippen LogP contribution in [0.15, 0.2) is 115 Å². The Kier molecular flexibility index (Phi) is 6.74. The summed E-state index contributed by atoms with van der Waals surface area (Å²) in [6, 6.07) is 43.2. The third kappa shape index (κ3) is 4.97. The highest BCUT2D eigenvalue weighted by atomic mass is 15.0. The van der Waals surface area contributed by atoms with Crippen LogP contribution < -0.4 is 0 Å². The molecule has 1 aromatic heterocycles. The summed E-state index contributed by atoms with van der Waals surface area (Å²) >= 11 is 0. The lowest BCUT2D eigenvalue weighted by Crippen LogP contribution is -2.48. The predicted octanol–water partition coefficient (Wildman–Crippen LogP) is 11.2. The first-order valence-corrected chi connectivity index (χ1v) is 18.6. The number of fused-ring (bicyclic) bond motifs is 3. The van der Waals surface area contributed by atoms with Gasteiger partial charge in [-0.25, -0.2) is 15.0 Å². The molecule has 51 heavy (non-hydrogen) atoms. The molecular weight excluding hydrogens is 621 g/mol. The van der Waals surface area contributed by atoms with Crippen molar-refractivity contribution in [3.8, 4) is 62.5 Å². The van der Waals surface area contributed by atoms with Crippen LogP contribution in [-0.2, 0) is 10.8 Å². The van der Waals surface area contributed by atoms with E-state index in [1.54, 1.807) is 0 Å². The first-order valence-electron chi connectivity index (χ1n) is 18.6. The third-order valence-corrected chi connectivity index (χ3v) is 12.7. The van der Waals surface area contributed by atoms with E-state index in [4.69, 9.17) is 15.0 Å². The fourth-order valence-corrected chi connectivity index (χ4v) is 10.6. The Balaban J connectivity index is 1.08. The number of aromatic nitrogens is 3. The quantitative estimate of drug-likeness (QED) is 0.185. The first-order chi connectivity index (χ1) is 24.8. The maximum Gasteiger partial charge on any atom is 0.164 e. The SMILES string of the molecule is CC1(C)c2cc(C#N)ccc2-c2ccc(-c3nc(-c4ccc(C56CC7C[C@H](C5)C[C@@H](C7)C6)cc4)nc(-c4cccc(-c5ccccc5)c4)n3)cc21. The van der Waals surface area contributed by atoms with Gasteiger partial charge in [0.1, 0.15) is 0 Å². The summed E-state index contributed by atoms with van der Waals surface area (Å²) in [5, 5.41) is 9.63. The van der Waals surface area contributed by atoms with Crippen LogP contribution in [0.2, 0.25) is 0 Å². The van der Waals surface area contributed by atoms with E-state index in [1.807, 2.05) is 18.2 Å². The van der Waals surface area contributed by atoms with E-state index in [1.165, 1.54) is 66.3 Å². The van der Waals surface area contributed by atoms with Gasteiger partial charge in [-0.15, -0.1) is 0 Å². The Hall–Kier alpha value is -5.40. The summed E-state index contributed by atoms with van der Waals surface area (Å²) in [6.45, 7) is 4.49. The second-order valence-corrected chi connectivity index (χ2v) is 16.3. The lowest BCUT2D eigenvalue weighted by atomic mass is 9.48. The van der Waals surface area contributed by atoms with E-state index in [-0.39, 0.29) is 5.41 Å². The molecule has 0 spiro atoms. The van der Waals surface area contributed by atoms with E-state index < -0.39 is 0 Å². The minimum Gasteiger partial charge on any atom is -0.208 e. The zero-order valence-electron chi connectivity index (χ0n) is 29.2. The summed E-state index contributed by atoms with van der Waals surface area (Å²) in [7, 11) is 0. The van der Waals surface area contributed by atoms with Crippen molar-refractivity contribution in [3.05, 3.63) is 138 Å². The summed E-state index contributed by atoms with van der Waals surface area (Å²) in [6.07, 6.45) is 8.41. The Labute approximate surface area is 300 Å². The maximum atomic E-state index is 9.63. The van der Waals surface area contributed by atoms with Crippen LogP contribution in [-0.4, -0.2) is 15.0 Å². The van der Waals surface area contributed by atoms with Gasteiger partial charge in [-0.3, -0.25) is 0 Å². The summed E-state index contributed by atoms with van der Waals surface area (Å²) in [5.41, 5.74) is 12.3. The van der Waals surface area contributed by atoms with Crippen LogP contribution in [0.4, 0.5) is 0 Å². The molecule has 0 atom stereocenters. The maximum absolute atomic E-state index is 9.63. The van der Waals surface area contributed by atoms with E-state index in [2.05, 4.69) is 117 Å². The molecule has 4 saturated carbocycles. The lowest BCUT2D eigenvalue weighted by molar-refractivity contribution is -0.00518. The van der Waals surface area contributed by atoms with Gasteiger partial charge in [0.05, 0.1) is 11.6 Å². The molecule has 0 aliphatic heterocycles. The molecule has 248 valence electrons. The lowest BCUT2D eigenvalue weighted by Gasteiger charge is -2.57. The molecule has 5 aliphatic rings. The molecule has 0 N–H and O–H groups in total. The number of benzene rings is 5. The van der Waals surface area contributed by atoms with Gasteiger partial charge in [0.2, 0.25) is 0 Å². The second-order valence-electron chi connectivity index (χ2n) is 16.3. The van der Waals surface area contributed by atoms with Crippen molar-refractivity contribution in [1.29, 1.82) is 5.26 Å². The molecule has 4 nitrogen and oxygen atoms in total. The highest BCUT2D eigenvalue weighted by Crippen LogP contribution is 2.60. The van der Waals surface area contributed by atoms with Gasteiger partial charge in [0, 0.05) is 22.1 Å². The normalized spacial score (nSPS) is 23.4. The van der Waals surface area contributed by atoms with Crippen molar-refractivity contribution < 1.29 is 0 Å². The highest BCUT2D eigenvalue weighted by Gasteiger charge is 2.51. The molecule has 4 fully saturated rings. The zero-order valence-corrected chi connectivity index (χ0v) is 29.2. The molecule has 6 aromatic rings. The van der Waals surface area contributed by atoms with Gasteiger partial charge in [-0.1, -0.05) is 105 Å². The van der Waals surface area contributed by atoms with Gasteiger partial charge in [0.15, 0.2) is 17.5 Å². The highest BCUT2D eigenvalue weighted by molar-refractivity contribution is 5.84. The number of nitriles is 1. The van der Waals surface area contributed by atoms with Crippen LogP contribution in [0.25, 0.3) is 56.4 Å². The van der Waals surface area contributed by atoms with E-state index in [0.717, 1.165) is 45.6 Å². The van der Waals surface area contributed by atoms with E-state index in [0.29, 0.717) is 28.5 Å². The van der Waals surface area contributed by atoms with Gasteiger partial charge < -0.3 is 0 Å². The van der Waals surface area contributed by atoms with Crippen molar-refractivity contribution in [1.82, 2.24) is 15.0 Å². The number of nitrogens with zero attached hydrogens (tertiary/aromatic N) is 4. The monoisotopic (exact) mass is 660 g/mol. The molecule has 4 bridgehead atoms. The zero-order chi connectivity index (χ0) is 34.3. The number of hydrogen-bond acceptors (Lipinski definition) is 4. The van der Waals surface area contributed by atoms with Crippen LogP contribution in [0.3, 0.4) is 0 Å². The molecule has 0 amide bonds. The standard InChI is InChI=1S/C47H40N4/c1-46(2)41-22-29(28-48)11-17-39(41)40-18-14-37(24-42(40)46)45-50-43(49-44(51-45)36-10-6-9-35(23-36)33-7-4-3-5-8-33)34-12-15-38(16-13-34)47-25-30-19-31(26-47)21-32(20-30)27-47/h3-18,22-24,30-32H,19-21,25-27H2,1-2H3/t30-,31+,32?,47?. The number of rotatable bonds is 5. The average Bonchev–Trinajstić information content (AvgIpc) is 3.39. The summed E-state index contributed by atoms with van der Waals surface area (Å²) in [4.78, 5) is 15.5. The molecule has 0 unspecified atom stereocenters. The molecule has 0 radical (unpaired) electrons. The van der Waals surface area contributed by atoms with Crippen molar-refractivity contribution >= 4 is 0 Å². The van der Waals surface area contributed by atoms with Gasteiger partial charge in [-0.05, 0) is 125 Å². The predicted molar refractivity (Wildman–Crippen MR) is 204 cm³/mol. The smallest absolute Gasteiger partial charge is 0.164 e. The van der Waals surface area contributed by atoms with Crippen molar-refractivity contribution in [2.45, 2.75) is 63.2 Å². The average molecular weight is 661 g/mol. The molecular formula is C47H40N4. The molecule has 1 heterocycles. The Bertz CT molecular complexity index is 2350. The first kappa shape index (κ1) is 30.4. The van der Waals surface area contributed by atoms with Crippen LogP contribution in [0.5, 0.6) is 0 Å². The van der Waals surface area contributed by atoms with E-state index in [9.17, 15) is 5.26 Å². The topological polar surface area (TPSA) is 62.5 Å². The Morgan fingerprint density at radius 1 is 0.529 bits per heavy atom. The molecule has 4 heteroatoms. The fraction of sp³-hybridized carbons (Fsp3) is 0.277. The Morgan fingerprint density at radius 3 is 1.71 bits per heavy atom. The van der Waals surface area contributed by atoms with Gasteiger partial charge >= 0.3 is 0 Å². The molecule has 5 aliphatic carbocycles. The van der Waals surface area contributed by atoms with Gasteiger partial charge in [-0.2, -0.15) is 5.26 Å². The number of hydrogen-bond donors (Lipinski definition) is 0. The second kappa shape index (κ2) is 11.3. The summed E-state index contributed by atoms with van der Waals surface area (Å²) < 4.78 is 0. The van der Waals surface area contributed by atoms with Crippen LogP contribution in [0, 0.1) is 29.1 Å². The Morgan fingerprint density at radius 2 is 1.06 bits per heavy atom. The van der Waals surface area contributed by atoms with Crippen LogP contribution in [0.1, 0.15) is 74.6 Å². The molecule has 0 saturated heterocycles. The van der Waals surface area contributed by atoms with Gasteiger partial charge in [0.25, 0.3) is 0 Å². The van der Waals surface area contributed by atoms with E-state index >= 15 is 0 Å². The third-order valence-electron chi connectivity index (χ3n) is 12.7. The van der Waals surface area contributed by atoms with Crippen molar-refractivity contribution in [2.24, 2.45) is 17.8 Å². The minimum absolute atomic E-state index is 0.261. The molecule has 11 rings (SSSR count). The summed E-state index contributed by atoms with van der Waals surface area (Å²) in [5.74, 6) is 4.76. The fourth-order valence-electron chi connectivity index (χ4n) is 10.6. The van der Waals surface area contributed by atoms with Crippen molar-refractivity contribution in [3.63, 3.8) is 0 Å². The minimum atomic E-state index is -0.261. The largest absolute Gasteiger partial charge is 0.208 e. The molecule has 5 aromatic carbocycles. The van der Waals surface area contributed by atoms with Crippen LogP contribution >= 0.6 is 0 Å². The van der Waals surface area contributed by atoms with Crippen molar-refractivity contribution in [2.75, 3.05) is 0 Å².